The Labute approximate surface area is 129 Å². The maximum atomic E-state index is 11.9. The molecule has 0 aliphatic rings. The van der Waals surface area contributed by atoms with Gasteiger partial charge < -0.3 is 24.9 Å². The number of carbonyl (C=O) groups is 1. The first-order valence-electron chi connectivity index (χ1n) is 7.10. The highest BCUT2D eigenvalue weighted by molar-refractivity contribution is 5.90. The second-order valence-electron chi connectivity index (χ2n) is 4.78. The number of amides is 2. The van der Waals surface area contributed by atoms with Crippen molar-refractivity contribution in [3.05, 3.63) is 47.9 Å². The van der Waals surface area contributed by atoms with E-state index in [1.165, 1.54) is 6.26 Å². The third kappa shape index (κ3) is 4.26. The summed E-state index contributed by atoms with van der Waals surface area (Å²) in [4.78, 5) is 11.9. The van der Waals surface area contributed by atoms with Crippen LogP contribution in [0.25, 0.3) is 0 Å². The lowest BCUT2D eigenvalue weighted by atomic mass is 10.2. The van der Waals surface area contributed by atoms with Crippen LogP contribution in [0.4, 0.5) is 10.5 Å². The lowest BCUT2D eigenvalue weighted by Gasteiger charge is -2.13. The average Bonchev–Trinajstić information content (AvgIpc) is 3.02. The maximum Gasteiger partial charge on any atom is 0.319 e. The third-order valence-electron chi connectivity index (χ3n) is 3.08. The summed E-state index contributed by atoms with van der Waals surface area (Å²) >= 11 is 0. The molecule has 1 atom stereocenters. The van der Waals surface area contributed by atoms with Crippen LogP contribution in [0.2, 0.25) is 0 Å². The summed E-state index contributed by atoms with van der Waals surface area (Å²) in [5.74, 6) is 1.18. The number of aliphatic hydroxyl groups excluding tert-OH is 1. The van der Waals surface area contributed by atoms with Crippen molar-refractivity contribution >= 4 is 11.7 Å². The number of ether oxygens (including phenoxy) is 1. The molecule has 1 aromatic heterocycles. The second kappa shape index (κ2) is 7.51. The number of hydrogen-bond donors (Lipinski definition) is 3. The predicted octanol–water partition coefficient (Wildman–Crippen LogP) is 2.84. The van der Waals surface area contributed by atoms with E-state index >= 15 is 0 Å². The Bertz CT molecular complexity index is 611. The number of aryl methyl sites for hydroxylation is 1. The average molecular weight is 304 g/mol. The second-order valence-corrected chi connectivity index (χ2v) is 4.78. The summed E-state index contributed by atoms with van der Waals surface area (Å²) < 4.78 is 10.5. The highest BCUT2D eigenvalue weighted by Crippen LogP contribution is 2.21. The van der Waals surface area contributed by atoms with Crippen LogP contribution in [-0.2, 0) is 0 Å². The van der Waals surface area contributed by atoms with Gasteiger partial charge in [-0.05, 0) is 49.7 Å². The van der Waals surface area contributed by atoms with E-state index in [2.05, 4.69) is 10.6 Å². The first kappa shape index (κ1) is 15.9. The van der Waals surface area contributed by atoms with Crippen molar-refractivity contribution in [2.45, 2.75) is 20.0 Å². The number of urea groups is 1. The Balaban J connectivity index is 1.86. The molecule has 1 heterocycles. The minimum atomic E-state index is -0.873. The number of furan rings is 1. The van der Waals surface area contributed by atoms with Crippen LogP contribution in [0.1, 0.15) is 24.4 Å². The van der Waals surface area contributed by atoms with Gasteiger partial charge in [0.2, 0.25) is 0 Å². The van der Waals surface area contributed by atoms with Gasteiger partial charge in [0.25, 0.3) is 0 Å². The zero-order valence-corrected chi connectivity index (χ0v) is 12.6. The van der Waals surface area contributed by atoms with Gasteiger partial charge in [0.05, 0.1) is 19.4 Å². The van der Waals surface area contributed by atoms with E-state index in [0.29, 0.717) is 18.1 Å². The van der Waals surface area contributed by atoms with Gasteiger partial charge >= 0.3 is 6.03 Å². The van der Waals surface area contributed by atoms with E-state index in [9.17, 15) is 9.90 Å². The van der Waals surface area contributed by atoms with Gasteiger partial charge in [-0.3, -0.25) is 0 Å². The van der Waals surface area contributed by atoms with E-state index in [-0.39, 0.29) is 6.54 Å². The first-order valence-corrected chi connectivity index (χ1v) is 7.10. The van der Waals surface area contributed by atoms with Crippen molar-refractivity contribution in [2.24, 2.45) is 0 Å². The number of carbonyl (C=O) groups excluding carboxylic acids is 1. The molecule has 22 heavy (non-hydrogen) atoms. The largest absolute Gasteiger partial charge is 0.494 e. The number of hydrogen-bond acceptors (Lipinski definition) is 4. The molecule has 0 aliphatic carbocycles. The molecule has 118 valence electrons. The minimum Gasteiger partial charge on any atom is -0.494 e. The van der Waals surface area contributed by atoms with E-state index < -0.39 is 12.1 Å². The van der Waals surface area contributed by atoms with E-state index in [1.807, 2.05) is 19.9 Å². The Morgan fingerprint density at radius 2 is 2.23 bits per heavy atom. The zero-order valence-electron chi connectivity index (χ0n) is 12.6. The van der Waals surface area contributed by atoms with Crippen LogP contribution >= 0.6 is 0 Å². The van der Waals surface area contributed by atoms with E-state index in [0.717, 1.165) is 11.3 Å². The summed E-state index contributed by atoms with van der Waals surface area (Å²) in [6.07, 6.45) is 0.601. The highest BCUT2D eigenvalue weighted by Gasteiger charge is 2.12. The SMILES string of the molecule is CCOc1ccc(NC(=O)NCC(O)c2ccco2)c(C)c1. The van der Waals surface area contributed by atoms with Gasteiger partial charge in [0.1, 0.15) is 17.6 Å². The van der Waals surface area contributed by atoms with Gasteiger partial charge in [0, 0.05) is 5.69 Å². The van der Waals surface area contributed by atoms with E-state index in [4.69, 9.17) is 9.15 Å². The summed E-state index contributed by atoms with van der Waals surface area (Å²) in [5, 5.41) is 15.1. The molecule has 2 rings (SSSR count). The van der Waals surface area contributed by atoms with Gasteiger partial charge in [-0.25, -0.2) is 4.79 Å². The lowest BCUT2D eigenvalue weighted by molar-refractivity contribution is 0.149. The molecule has 0 bridgehead atoms. The van der Waals surface area contributed by atoms with Crippen molar-refractivity contribution < 1.29 is 19.1 Å². The Hall–Kier alpha value is -2.47. The number of rotatable bonds is 6. The van der Waals surface area contributed by atoms with Crippen molar-refractivity contribution in [1.82, 2.24) is 5.32 Å². The van der Waals surface area contributed by atoms with Crippen LogP contribution < -0.4 is 15.4 Å². The van der Waals surface area contributed by atoms with Crippen molar-refractivity contribution in [3.8, 4) is 5.75 Å². The molecule has 2 amide bonds. The number of benzene rings is 1. The topological polar surface area (TPSA) is 83.7 Å². The number of anilines is 1. The molecule has 1 aromatic carbocycles. The Morgan fingerprint density at radius 1 is 1.41 bits per heavy atom. The Kier molecular flexibility index (Phi) is 5.43. The van der Waals surface area contributed by atoms with Crippen molar-refractivity contribution in [3.63, 3.8) is 0 Å². The molecular formula is C16H20N2O4. The van der Waals surface area contributed by atoms with Crippen molar-refractivity contribution in [1.29, 1.82) is 0 Å². The lowest BCUT2D eigenvalue weighted by Crippen LogP contribution is -2.32. The summed E-state index contributed by atoms with van der Waals surface area (Å²) in [7, 11) is 0. The molecule has 6 nitrogen and oxygen atoms in total. The number of aliphatic hydroxyl groups is 1. The first-order chi connectivity index (χ1) is 10.6. The van der Waals surface area contributed by atoms with Crippen LogP contribution in [0, 0.1) is 6.92 Å². The smallest absolute Gasteiger partial charge is 0.319 e. The Morgan fingerprint density at radius 3 is 2.86 bits per heavy atom. The molecule has 0 saturated heterocycles. The minimum absolute atomic E-state index is 0.0649. The molecule has 6 heteroatoms. The van der Waals surface area contributed by atoms with Crippen LogP contribution in [0.5, 0.6) is 5.75 Å². The fourth-order valence-electron chi connectivity index (χ4n) is 1.97. The third-order valence-corrected chi connectivity index (χ3v) is 3.08. The normalized spacial score (nSPS) is 11.8. The predicted molar refractivity (Wildman–Crippen MR) is 83.0 cm³/mol. The fourth-order valence-corrected chi connectivity index (χ4v) is 1.97. The molecule has 0 radical (unpaired) electrons. The quantitative estimate of drug-likeness (QED) is 0.766. The summed E-state index contributed by atoms with van der Waals surface area (Å²) in [6, 6.07) is 8.38. The maximum absolute atomic E-state index is 11.9. The van der Waals surface area contributed by atoms with Gasteiger partial charge in [-0.2, -0.15) is 0 Å². The molecular weight excluding hydrogens is 284 g/mol. The zero-order chi connectivity index (χ0) is 15.9. The number of nitrogens with one attached hydrogen (secondary N) is 2. The fraction of sp³-hybridized carbons (Fsp3) is 0.312. The standard InChI is InChI=1S/C16H20N2O4/c1-3-21-12-6-7-13(11(2)9-12)18-16(20)17-10-14(19)15-5-4-8-22-15/h4-9,14,19H,3,10H2,1-2H3,(H2,17,18,20). The monoisotopic (exact) mass is 304 g/mol. The van der Waals surface area contributed by atoms with Crippen LogP contribution in [0.3, 0.4) is 0 Å². The van der Waals surface area contributed by atoms with Gasteiger partial charge in [0.15, 0.2) is 0 Å². The molecule has 1 unspecified atom stereocenters. The van der Waals surface area contributed by atoms with Crippen molar-refractivity contribution in [2.75, 3.05) is 18.5 Å². The molecule has 2 aromatic rings. The molecule has 0 aliphatic heterocycles. The van der Waals surface area contributed by atoms with Gasteiger partial charge in [-0.15, -0.1) is 0 Å². The molecule has 3 N–H and O–H groups in total. The summed E-state index contributed by atoms with van der Waals surface area (Å²) in [6.45, 7) is 4.46. The molecule has 0 fully saturated rings. The van der Waals surface area contributed by atoms with Crippen LogP contribution in [0.15, 0.2) is 41.0 Å². The summed E-state index contributed by atoms with van der Waals surface area (Å²) in [5.41, 5.74) is 1.58. The van der Waals surface area contributed by atoms with Crippen LogP contribution in [-0.4, -0.2) is 24.3 Å². The van der Waals surface area contributed by atoms with Gasteiger partial charge in [-0.1, -0.05) is 0 Å². The molecule has 0 saturated carbocycles. The molecule has 0 spiro atoms. The van der Waals surface area contributed by atoms with E-state index in [1.54, 1.807) is 24.3 Å². The highest BCUT2D eigenvalue weighted by atomic mass is 16.5.